The molecule has 0 unspecified atom stereocenters. The van der Waals surface area contributed by atoms with Crippen LogP contribution in [0.2, 0.25) is 5.15 Å². The summed E-state index contributed by atoms with van der Waals surface area (Å²) in [6.45, 7) is 6.58. The third-order valence-corrected chi connectivity index (χ3v) is 4.41. The maximum Gasteiger partial charge on any atom is 0.410 e. The van der Waals surface area contributed by atoms with Crippen LogP contribution >= 0.6 is 11.6 Å². The van der Waals surface area contributed by atoms with E-state index in [1.807, 2.05) is 45.0 Å². The van der Waals surface area contributed by atoms with Gasteiger partial charge in [-0.3, -0.25) is 0 Å². The topological polar surface area (TPSA) is 64.5 Å². The van der Waals surface area contributed by atoms with E-state index in [4.69, 9.17) is 21.1 Å². The molecule has 140 valence electrons. The number of carbonyl (C=O) groups is 1. The molecule has 0 N–H and O–H groups in total. The van der Waals surface area contributed by atoms with E-state index in [9.17, 15) is 4.79 Å². The van der Waals surface area contributed by atoms with Gasteiger partial charge < -0.3 is 14.4 Å². The van der Waals surface area contributed by atoms with Gasteiger partial charge in [0.25, 0.3) is 5.88 Å². The van der Waals surface area contributed by atoms with Gasteiger partial charge in [0, 0.05) is 6.54 Å². The molecular weight excluding hydrogens is 354 g/mol. The number of piperidine rings is 1. The monoisotopic (exact) mass is 377 g/mol. The molecule has 2 heterocycles. The van der Waals surface area contributed by atoms with Crippen molar-refractivity contribution in [2.45, 2.75) is 51.7 Å². The minimum absolute atomic E-state index is 0.0667. The lowest BCUT2D eigenvalue weighted by Gasteiger charge is -2.36. The third kappa shape index (κ3) is 4.55. The quantitative estimate of drug-likeness (QED) is 0.790. The van der Waals surface area contributed by atoms with E-state index in [0.717, 1.165) is 30.3 Å². The zero-order chi connectivity index (χ0) is 18.7. The standard InChI is InChI=1S/C19H24ClN3O3/c1-19(2,3)26-18(24)23-11-7-6-8-13(23)12-25-17-16(20)21-14-9-4-5-10-15(14)22-17/h4-5,9-10,13H,6-8,11-12H2,1-3H3/t13-/m1/s1. The summed E-state index contributed by atoms with van der Waals surface area (Å²) in [7, 11) is 0. The van der Waals surface area contributed by atoms with Crippen LogP contribution in [0.15, 0.2) is 24.3 Å². The number of likely N-dealkylation sites (tertiary alicyclic amines) is 1. The van der Waals surface area contributed by atoms with Crippen molar-refractivity contribution in [1.29, 1.82) is 0 Å². The highest BCUT2D eigenvalue weighted by Crippen LogP contribution is 2.25. The van der Waals surface area contributed by atoms with Crippen molar-refractivity contribution in [3.8, 4) is 5.88 Å². The van der Waals surface area contributed by atoms with Gasteiger partial charge in [0.1, 0.15) is 12.2 Å². The van der Waals surface area contributed by atoms with Crippen molar-refractivity contribution in [2.75, 3.05) is 13.2 Å². The van der Waals surface area contributed by atoms with E-state index in [2.05, 4.69) is 9.97 Å². The van der Waals surface area contributed by atoms with Crippen LogP contribution in [-0.2, 0) is 4.74 Å². The summed E-state index contributed by atoms with van der Waals surface area (Å²) in [5.41, 5.74) is 0.921. The highest BCUT2D eigenvalue weighted by molar-refractivity contribution is 6.31. The summed E-state index contributed by atoms with van der Waals surface area (Å²) in [4.78, 5) is 23.0. The average molecular weight is 378 g/mol. The predicted molar refractivity (Wildman–Crippen MR) is 101 cm³/mol. The summed E-state index contributed by atoms with van der Waals surface area (Å²) in [6, 6.07) is 7.42. The Hall–Kier alpha value is -2.08. The highest BCUT2D eigenvalue weighted by atomic mass is 35.5. The molecule has 0 radical (unpaired) electrons. The van der Waals surface area contributed by atoms with Crippen LogP contribution in [0.3, 0.4) is 0 Å². The first-order chi connectivity index (χ1) is 12.3. The molecule has 0 aliphatic carbocycles. The Bertz CT molecular complexity index is 791. The normalized spacial score (nSPS) is 18.0. The van der Waals surface area contributed by atoms with E-state index in [0.29, 0.717) is 19.0 Å². The fourth-order valence-corrected chi connectivity index (χ4v) is 3.15. The zero-order valence-corrected chi connectivity index (χ0v) is 16.1. The number of rotatable bonds is 3. The van der Waals surface area contributed by atoms with Crippen LogP contribution in [0.25, 0.3) is 11.0 Å². The molecule has 1 saturated heterocycles. The lowest BCUT2D eigenvalue weighted by Crippen LogP contribution is -2.48. The second-order valence-corrected chi connectivity index (χ2v) is 7.80. The first-order valence-electron chi connectivity index (χ1n) is 8.88. The summed E-state index contributed by atoms with van der Waals surface area (Å²) in [6.07, 6.45) is 2.57. The van der Waals surface area contributed by atoms with Crippen LogP contribution in [0, 0.1) is 0 Å². The Balaban J connectivity index is 1.70. The van der Waals surface area contributed by atoms with E-state index >= 15 is 0 Å². The molecule has 1 amide bonds. The first kappa shape index (κ1) is 18.7. The number of aromatic nitrogens is 2. The van der Waals surface area contributed by atoms with E-state index in [1.54, 1.807) is 4.90 Å². The number of ether oxygens (including phenoxy) is 2. The SMILES string of the molecule is CC(C)(C)OC(=O)N1CCCC[C@@H]1COc1nc2ccccc2nc1Cl. The van der Waals surface area contributed by atoms with Gasteiger partial charge in [-0.25, -0.2) is 14.8 Å². The van der Waals surface area contributed by atoms with Gasteiger partial charge in [0.15, 0.2) is 5.15 Å². The number of hydrogen-bond donors (Lipinski definition) is 0. The van der Waals surface area contributed by atoms with Crippen LogP contribution in [0.4, 0.5) is 4.79 Å². The van der Waals surface area contributed by atoms with Crippen molar-refractivity contribution in [2.24, 2.45) is 0 Å². The fourth-order valence-electron chi connectivity index (χ4n) is 2.96. The van der Waals surface area contributed by atoms with Gasteiger partial charge in [-0.05, 0) is 52.2 Å². The van der Waals surface area contributed by atoms with Crippen molar-refractivity contribution in [3.05, 3.63) is 29.4 Å². The van der Waals surface area contributed by atoms with Crippen molar-refractivity contribution in [1.82, 2.24) is 14.9 Å². The van der Waals surface area contributed by atoms with Crippen molar-refractivity contribution >= 4 is 28.7 Å². The van der Waals surface area contributed by atoms with Crippen LogP contribution in [0.5, 0.6) is 5.88 Å². The predicted octanol–water partition coefficient (Wildman–Crippen LogP) is 4.45. The zero-order valence-electron chi connectivity index (χ0n) is 15.4. The van der Waals surface area contributed by atoms with Gasteiger partial charge in [-0.1, -0.05) is 23.7 Å². The van der Waals surface area contributed by atoms with Gasteiger partial charge in [-0.15, -0.1) is 0 Å². The maximum atomic E-state index is 12.5. The van der Waals surface area contributed by atoms with Gasteiger partial charge in [-0.2, -0.15) is 0 Å². The number of hydrogen-bond acceptors (Lipinski definition) is 5. The number of amides is 1. The Kier molecular flexibility index (Phi) is 5.51. The molecule has 0 bridgehead atoms. The Morgan fingerprint density at radius 1 is 1.23 bits per heavy atom. The fraction of sp³-hybridized carbons (Fsp3) is 0.526. The first-order valence-corrected chi connectivity index (χ1v) is 9.26. The van der Waals surface area contributed by atoms with Crippen molar-refractivity contribution in [3.63, 3.8) is 0 Å². The molecule has 2 aromatic rings. The van der Waals surface area contributed by atoms with Crippen LogP contribution in [-0.4, -0.2) is 45.8 Å². The summed E-state index contributed by atoms with van der Waals surface area (Å²) >= 11 is 6.20. The molecule has 0 spiro atoms. The van der Waals surface area contributed by atoms with E-state index < -0.39 is 5.60 Å². The number of carbonyl (C=O) groups excluding carboxylic acids is 1. The molecule has 1 fully saturated rings. The second kappa shape index (κ2) is 7.66. The van der Waals surface area contributed by atoms with Gasteiger partial charge in [0.2, 0.25) is 0 Å². The molecule has 26 heavy (non-hydrogen) atoms. The molecule has 1 aliphatic heterocycles. The molecule has 3 rings (SSSR count). The third-order valence-electron chi connectivity index (χ3n) is 4.17. The van der Waals surface area contributed by atoms with Crippen LogP contribution < -0.4 is 4.74 Å². The molecule has 7 heteroatoms. The molecule has 1 aromatic carbocycles. The molecule has 1 atom stereocenters. The van der Waals surface area contributed by atoms with Gasteiger partial charge >= 0.3 is 6.09 Å². The molecule has 0 saturated carbocycles. The Labute approximate surface area is 158 Å². The summed E-state index contributed by atoms with van der Waals surface area (Å²) in [5.74, 6) is 0.292. The number of nitrogens with zero attached hydrogens (tertiary/aromatic N) is 3. The smallest absolute Gasteiger partial charge is 0.410 e. The molecule has 1 aliphatic rings. The molecule has 6 nitrogen and oxygen atoms in total. The second-order valence-electron chi connectivity index (χ2n) is 7.44. The summed E-state index contributed by atoms with van der Waals surface area (Å²) in [5, 5.41) is 0.225. The number of fused-ring (bicyclic) bond motifs is 1. The Morgan fingerprint density at radius 3 is 2.62 bits per heavy atom. The largest absolute Gasteiger partial charge is 0.473 e. The van der Waals surface area contributed by atoms with Crippen LogP contribution in [0.1, 0.15) is 40.0 Å². The maximum absolute atomic E-state index is 12.5. The minimum atomic E-state index is -0.521. The number of benzene rings is 1. The average Bonchev–Trinajstić information content (AvgIpc) is 2.58. The number of para-hydroxylation sites is 2. The van der Waals surface area contributed by atoms with Gasteiger partial charge in [0.05, 0.1) is 17.1 Å². The summed E-state index contributed by atoms with van der Waals surface area (Å²) < 4.78 is 11.4. The minimum Gasteiger partial charge on any atom is -0.473 e. The van der Waals surface area contributed by atoms with E-state index in [1.165, 1.54) is 0 Å². The molecular formula is C19H24ClN3O3. The molecule has 1 aromatic heterocycles. The lowest BCUT2D eigenvalue weighted by molar-refractivity contribution is 0.00336. The highest BCUT2D eigenvalue weighted by Gasteiger charge is 2.31. The number of halogens is 1. The van der Waals surface area contributed by atoms with Crippen molar-refractivity contribution < 1.29 is 14.3 Å². The van der Waals surface area contributed by atoms with E-state index in [-0.39, 0.29) is 17.3 Å². The lowest BCUT2D eigenvalue weighted by atomic mass is 10.0. The Morgan fingerprint density at radius 2 is 1.92 bits per heavy atom.